The van der Waals surface area contributed by atoms with E-state index in [0.717, 1.165) is 30.6 Å². The van der Waals surface area contributed by atoms with E-state index in [1.165, 1.54) is 0 Å². The molecule has 1 fully saturated rings. The van der Waals surface area contributed by atoms with Crippen LogP contribution in [0.5, 0.6) is 0 Å². The molecule has 0 amide bonds. The number of ether oxygens (including phenoxy) is 1. The van der Waals surface area contributed by atoms with Gasteiger partial charge in [-0.25, -0.2) is 0 Å². The molecule has 1 saturated heterocycles. The van der Waals surface area contributed by atoms with Gasteiger partial charge >= 0.3 is 0 Å². The van der Waals surface area contributed by atoms with Crippen LogP contribution in [0, 0.1) is 11.3 Å². The third kappa shape index (κ3) is 4.49. The van der Waals surface area contributed by atoms with Crippen LogP contribution in [0.2, 0.25) is 0 Å². The SMILES string of the molecule is CN(Cc1cccc(C#N)c1)c1nnc(-c2cc(-c3ccccc3)on2)n1CC1CCCO1. The topological polar surface area (TPSA) is 93.0 Å². The van der Waals surface area contributed by atoms with Crippen LogP contribution >= 0.6 is 0 Å². The van der Waals surface area contributed by atoms with Gasteiger partial charge in [-0.15, -0.1) is 10.2 Å². The van der Waals surface area contributed by atoms with E-state index in [0.29, 0.717) is 41.9 Å². The average Bonchev–Trinajstić information content (AvgIpc) is 3.61. The van der Waals surface area contributed by atoms with E-state index in [2.05, 4.69) is 26.0 Å². The molecule has 1 unspecified atom stereocenters. The van der Waals surface area contributed by atoms with Gasteiger partial charge in [0.05, 0.1) is 24.3 Å². The van der Waals surface area contributed by atoms with E-state index in [-0.39, 0.29) is 6.10 Å². The maximum atomic E-state index is 9.21. The second-order valence-electron chi connectivity index (χ2n) is 8.18. The number of aromatic nitrogens is 4. The van der Waals surface area contributed by atoms with Gasteiger partial charge in [0.2, 0.25) is 5.95 Å². The zero-order chi connectivity index (χ0) is 22.6. The van der Waals surface area contributed by atoms with Gasteiger partial charge in [0.1, 0.15) is 0 Å². The highest BCUT2D eigenvalue weighted by Crippen LogP contribution is 2.29. The minimum absolute atomic E-state index is 0.106. The Bertz CT molecular complexity index is 1270. The predicted octanol–water partition coefficient (Wildman–Crippen LogP) is 4.29. The van der Waals surface area contributed by atoms with Crippen molar-refractivity contribution in [3.05, 3.63) is 71.8 Å². The molecule has 3 heterocycles. The Balaban J connectivity index is 1.47. The van der Waals surface area contributed by atoms with Gasteiger partial charge in [-0.2, -0.15) is 5.26 Å². The molecule has 0 aliphatic carbocycles. The van der Waals surface area contributed by atoms with Gasteiger partial charge in [0, 0.05) is 31.8 Å². The first kappa shape index (κ1) is 20.9. The van der Waals surface area contributed by atoms with Crippen LogP contribution in [0.4, 0.5) is 5.95 Å². The molecule has 1 aliphatic rings. The van der Waals surface area contributed by atoms with Crippen LogP contribution in [-0.4, -0.2) is 39.7 Å². The molecule has 2 aromatic carbocycles. The van der Waals surface area contributed by atoms with E-state index in [9.17, 15) is 5.26 Å². The first-order chi connectivity index (χ1) is 16.2. The fraction of sp³-hybridized carbons (Fsp3) is 0.280. The van der Waals surface area contributed by atoms with Crippen LogP contribution in [0.15, 0.2) is 65.2 Å². The minimum Gasteiger partial charge on any atom is -0.376 e. The van der Waals surface area contributed by atoms with Crippen molar-refractivity contribution < 1.29 is 9.26 Å². The van der Waals surface area contributed by atoms with Crippen molar-refractivity contribution in [1.29, 1.82) is 5.26 Å². The number of rotatable bonds is 7. The quantitative estimate of drug-likeness (QED) is 0.423. The summed E-state index contributed by atoms with van der Waals surface area (Å²) >= 11 is 0. The summed E-state index contributed by atoms with van der Waals surface area (Å²) in [5.74, 6) is 2.04. The van der Waals surface area contributed by atoms with E-state index in [1.54, 1.807) is 6.07 Å². The summed E-state index contributed by atoms with van der Waals surface area (Å²) in [5.41, 5.74) is 3.25. The Kier molecular flexibility index (Phi) is 5.87. The van der Waals surface area contributed by atoms with Crippen molar-refractivity contribution in [2.45, 2.75) is 32.0 Å². The third-order valence-electron chi connectivity index (χ3n) is 5.76. The molecule has 8 heteroatoms. The molecule has 0 N–H and O–H groups in total. The number of nitrogens with zero attached hydrogens (tertiary/aromatic N) is 6. The first-order valence-electron chi connectivity index (χ1n) is 11.0. The van der Waals surface area contributed by atoms with E-state index >= 15 is 0 Å². The molecule has 166 valence electrons. The number of benzene rings is 2. The number of anilines is 1. The van der Waals surface area contributed by atoms with Crippen molar-refractivity contribution in [3.8, 4) is 28.9 Å². The van der Waals surface area contributed by atoms with Crippen LogP contribution < -0.4 is 4.90 Å². The summed E-state index contributed by atoms with van der Waals surface area (Å²) in [6, 6.07) is 21.5. The Morgan fingerprint density at radius 3 is 2.79 bits per heavy atom. The molecule has 8 nitrogen and oxygen atoms in total. The smallest absolute Gasteiger partial charge is 0.227 e. The van der Waals surface area contributed by atoms with Gasteiger partial charge in [-0.3, -0.25) is 4.57 Å². The van der Waals surface area contributed by atoms with Crippen molar-refractivity contribution in [2.75, 3.05) is 18.6 Å². The van der Waals surface area contributed by atoms with Gasteiger partial charge in [0.25, 0.3) is 0 Å². The van der Waals surface area contributed by atoms with Crippen molar-refractivity contribution in [1.82, 2.24) is 19.9 Å². The maximum Gasteiger partial charge on any atom is 0.227 e. The third-order valence-corrected chi connectivity index (χ3v) is 5.76. The van der Waals surface area contributed by atoms with Crippen molar-refractivity contribution in [3.63, 3.8) is 0 Å². The molecular formula is C25H24N6O2. The fourth-order valence-electron chi connectivity index (χ4n) is 4.13. The maximum absolute atomic E-state index is 9.21. The highest BCUT2D eigenvalue weighted by Gasteiger charge is 2.25. The largest absolute Gasteiger partial charge is 0.376 e. The Morgan fingerprint density at radius 1 is 1.12 bits per heavy atom. The molecule has 33 heavy (non-hydrogen) atoms. The molecule has 0 bridgehead atoms. The Morgan fingerprint density at radius 2 is 2.00 bits per heavy atom. The van der Waals surface area contributed by atoms with Gasteiger partial charge in [-0.1, -0.05) is 47.6 Å². The highest BCUT2D eigenvalue weighted by molar-refractivity contribution is 5.64. The number of hydrogen-bond acceptors (Lipinski definition) is 7. The molecule has 4 aromatic rings. The zero-order valence-electron chi connectivity index (χ0n) is 18.4. The lowest BCUT2D eigenvalue weighted by Crippen LogP contribution is -2.24. The summed E-state index contributed by atoms with van der Waals surface area (Å²) < 4.78 is 13.6. The minimum atomic E-state index is 0.106. The predicted molar refractivity (Wildman–Crippen MR) is 123 cm³/mol. The molecular weight excluding hydrogens is 416 g/mol. The first-order valence-corrected chi connectivity index (χ1v) is 11.0. The van der Waals surface area contributed by atoms with E-state index in [4.69, 9.17) is 9.26 Å². The Labute approximate surface area is 192 Å². The van der Waals surface area contributed by atoms with Crippen LogP contribution in [0.1, 0.15) is 24.0 Å². The van der Waals surface area contributed by atoms with Crippen LogP contribution in [0.3, 0.4) is 0 Å². The summed E-state index contributed by atoms with van der Waals surface area (Å²) in [5, 5.41) is 22.5. The van der Waals surface area contributed by atoms with Gasteiger partial charge < -0.3 is 14.2 Å². The van der Waals surface area contributed by atoms with E-state index in [1.807, 2.05) is 66.5 Å². The standard InChI is InChI=1S/C25H24N6O2/c1-30(16-19-8-5-7-18(13-19)15-26)25-28-27-24(31(25)17-21-11-6-12-32-21)22-14-23(33-29-22)20-9-3-2-4-10-20/h2-5,7-10,13-14,21H,6,11-12,16-17H2,1H3. The lowest BCUT2D eigenvalue weighted by atomic mass is 10.1. The molecule has 0 spiro atoms. The molecule has 1 atom stereocenters. The molecule has 5 rings (SSSR count). The number of hydrogen-bond donors (Lipinski definition) is 0. The fourth-order valence-corrected chi connectivity index (χ4v) is 4.13. The Hall–Kier alpha value is -3.96. The molecule has 2 aromatic heterocycles. The van der Waals surface area contributed by atoms with Crippen molar-refractivity contribution >= 4 is 5.95 Å². The number of nitriles is 1. The monoisotopic (exact) mass is 440 g/mol. The summed E-state index contributed by atoms with van der Waals surface area (Å²) in [7, 11) is 1.97. The average molecular weight is 441 g/mol. The second kappa shape index (κ2) is 9.27. The zero-order valence-corrected chi connectivity index (χ0v) is 18.4. The molecule has 0 radical (unpaired) electrons. The molecule has 0 saturated carbocycles. The summed E-state index contributed by atoms with van der Waals surface area (Å²) in [6.45, 7) is 2.00. The van der Waals surface area contributed by atoms with E-state index < -0.39 is 0 Å². The van der Waals surface area contributed by atoms with Crippen LogP contribution in [-0.2, 0) is 17.8 Å². The lowest BCUT2D eigenvalue weighted by molar-refractivity contribution is 0.0975. The van der Waals surface area contributed by atoms with Gasteiger partial charge in [0.15, 0.2) is 17.3 Å². The second-order valence-corrected chi connectivity index (χ2v) is 8.18. The lowest BCUT2D eigenvalue weighted by Gasteiger charge is -2.21. The normalized spacial score (nSPS) is 15.5. The van der Waals surface area contributed by atoms with Crippen LogP contribution in [0.25, 0.3) is 22.8 Å². The highest BCUT2D eigenvalue weighted by atomic mass is 16.5. The summed E-state index contributed by atoms with van der Waals surface area (Å²) in [6.07, 6.45) is 2.16. The van der Waals surface area contributed by atoms with Gasteiger partial charge in [-0.05, 0) is 30.5 Å². The molecule has 1 aliphatic heterocycles. The summed E-state index contributed by atoms with van der Waals surface area (Å²) in [4.78, 5) is 2.03. The van der Waals surface area contributed by atoms with Crippen molar-refractivity contribution in [2.24, 2.45) is 0 Å².